The van der Waals surface area contributed by atoms with Crippen LogP contribution in [0, 0.1) is 0 Å². The summed E-state index contributed by atoms with van der Waals surface area (Å²) in [4.78, 5) is 32.9. The Bertz CT molecular complexity index is 1030. The lowest BCUT2D eigenvalue weighted by Crippen LogP contribution is -2.48. The molecule has 7 nitrogen and oxygen atoms in total. The van der Waals surface area contributed by atoms with Crippen LogP contribution >= 0.6 is 0 Å². The van der Waals surface area contributed by atoms with Crippen LogP contribution in [-0.4, -0.2) is 56.1 Å². The summed E-state index contributed by atoms with van der Waals surface area (Å²) in [7, 11) is 3.93. The summed E-state index contributed by atoms with van der Waals surface area (Å²) in [5, 5.41) is 0. The second-order valence-corrected chi connectivity index (χ2v) is 6.92. The van der Waals surface area contributed by atoms with Gasteiger partial charge < -0.3 is 19.1 Å². The fourth-order valence-electron chi connectivity index (χ4n) is 3.40. The number of aromatic amines is 1. The first-order chi connectivity index (χ1) is 13.0. The van der Waals surface area contributed by atoms with Crippen molar-refractivity contribution in [3.8, 4) is 0 Å². The summed E-state index contributed by atoms with van der Waals surface area (Å²) in [6.07, 6.45) is 0. The van der Waals surface area contributed by atoms with Gasteiger partial charge in [-0.25, -0.2) is 4.79 Å². The van der Waals surface area contributed by atoms with Crippen molar-refractivity contribution in [3.05, 3.63) is 58.6 Å². The minimum Gasteiger partial charge on any atom is -0.408 e. The van der Waals surface area contributed by atoms with E-state index in [0.717, 1.165) is 24.5 Å². The quantitative estimate of drug-likeness (QED) is 0.769. The number of aromatic nitrogens is 1. The molecule has 4 rings (SSSR count). The largest absolute Gasteiger partial charge is 0.417 e. The van der Waals surface area contributed by atoms with E-state index < -0.39 is 5.76 Å². The molecule has 27 heavy (non-hydrogen) atoms. The van der Waals surface area contributed by atoms with Crippen molar-refractivity contribution in [3.63, 3.8) is 0 Å². The normalized spacial score (nSPS) is 14.6. The topological polar surface area (TPSA) is 72.8 Å². The monoisotopic (exact) mass is 366 g/mol. The Balaban J connectivity index is 1.45. The number of benzene rings is 2. The van der Waals surface area contributed by atoms with Gasteiger partial charge in [0.25, 0.3) is 5.91 Å². The van der Waals surface area contributed by atoms with Crippen LogP contribution in [0.3, 0.4) is 0 Å². The smallest absolute Gasteiger partial charge is 0.408 e. The summed E-state index contributed by atoms with van der Waals surface area (Å²) in [6.45, 7) is 2.80. The van der Waals surface area contributed by atoms with Crippen LogP contribution in [-0.2, 0) is 0 Å². The van der Waals surface area contributed by atoms with Crippen LogP contribution in [0.2, 0.25) is 0 Å². The van der Waals surface area contributed by atoms with E-state index in [1.165, 1.54) is 0 Å². The van der Waals surface area contributed by atoms with Gasteiger partial charge in [-0.05, 0) is 36.4 Å². The Hall–Kier alpha value is -3.22. The van der Waals surface area contributed by atoms with Crippen molar-refractivity contribution in [1.29, 1.82) is 0 Å². The fourth-order valence-corrected chi connectivity index (χ4v) is 3.40. The summed E-state index contributed by atoms with van der Waals surface area (Å²) in [5.74, 6) is -0.384. The molecular weight excluding hydrogens is 344 g/mol. The van der Waals surface area contributed by atoms with E-state index in [1.54, 1.807) is 6.07 Å². The standard InChI is InChI=1S/C20H22N4O3/c1-22(2)15-5-3-4-14(12-15)19(25)24-10-8-23(9-11-24)16-6-7-18-17(13-16)21-20(26)27-18/h3-7,12-13H,8-11H2,1-2H3,(H,21,26). The van der Waals surface area contributed by atoms with Crippen LogP contribution in [0.25, 0.3) is 11.1 Å². The third-order valence-electron chi connectivity index (χ3n) is 4.94. The molecule has 1 aliphatic rings. The van der Waals surface area contributed by atoms with Gasteiger partial charge in [-0.3, -0.25) is 9.78 Å². The number of nitrogens with one attached hydrogen (secondary N) is 1. The van der Waals surface area contributed by atoms with Crippen LogP contribution in [0.5, 0.6) is 0 Å². The zero-order chi connectivity index (χ0) is 19.0. The Morgan fingerprint density at radius 1 is 1.07 bits per heavy atom. The highest BCUT2D eigenvalue weighted by molar-refractivity contribution is 5.95. The highest BCUT2D eigenvalue weighted by atomic mass is 16.4. The van der Waals surface area contributed by atoms with Crippen molar-refractivity contribution in [2.24, 2.45) is 0 Å². The molecule has 0 saturated carbocycles. The molecule has 1 aliphatic heterocycles. The molecule has 0 unspecified atom stereocenters. The first-order valence-corrected chi connectivity index (χ1v) is 8.96. The van der Waals surface area contributed by atoms with E-state index in [9.17, 15) is 9.59 Å². The average Bonchev–Trinajstić information content (AvgIpc) is 3.06. The highest BCUT2D eigenvalue weighted by Gasteiger charge is 2.23. The predicted molar refractivity (Wildman–Crippen MR) is 106 cm³/mol. The predicted octanol–water partition coefficient (Wildman–Crippen LogP) is 2.15. The summed E-state index contributed by atoms with van der Waals surface area (Å²) < 4.78 is 5.05. The van der Waals surface area contributed by atoms with Crippen LogP contribution in [0.1, 0.15) is 10.4 Å². The summed E-state index contributed by atoms with van der Waals surface area (Å²) >= 11 is 0. The maximum absolute atomic E-state index is 12.8. The van der Waals surface area contributed by atoms with Gasteiger partial charge in [-0.1, -0.05) is 6.07 Å². The number of carbonyl (C=O) groups is 1. The van der Waals surface area contributed by atoms with Gasteiger partial charge in [0.15, 0.2) is 5.58 Å². The number of piperazine rings is 1. The zero-order valence-electron chi connectivity index (χ0n) is 15.4. The van der Waals surface area contributed by atoms with Crippen molar-refractivity contribution in [2.75, 3.05) is 50.1 Å². The number of nitrogens with zero attached hydrogens (tertiary/aromatic N) is 3. The Kier molecular flexibility index (Phi) is 4.35. The Morgan fingerprint density at radius 2 is 1.85 bits per heavy atom. The maximum atomic E-state index is 12.8. The van der Waals surface area contributed by atoms with Crippen molar-refractivity contribution in [1.82, 2.24) is 9.88 Å². The lowest BCUT2D eigenvalue weighted by Gasteiger charge is -2.36. The van der Waals surface area contributed by atoms with Gasteiger partial charge in [-0.2, -0.15) is 0 Å². The van der Waals surface area contributed by atoms with Gasteiger partial charge in [-0.15, -0.1) is 0 Å². The van der Waals surface area contributed by atoms with Gasteiger partial charge in [0.2, 0.25) is 0 Å². The van der Waals surface area contributed by atoms with Gasteiger partial charge >= 0.3 is 5.76 Å². The molecule has 0 spiro atoms. The molecule has 2 heterocycles. The molecule has 1 amide bonds. The summed E-state index contributed by atoms with van der Waals surface area (Å²) in [6, 6.07) is 13.4. The van der Waals surface area contributed by atoms with E-state index in [1.807, 2.05) is 60.3 Å². The van der Waals surface area contributed by atoms with Crippen LogP contribution in [0.4, 0.5) is 11.4 Å². The lowest BCUT2D eigenvalue weighted by atomic mass is 10.1. The van der Waals surface area contributed by atoms with Gasteiger partial charge in [0.05, 0.1) is 5.52 Å². The maximum Gasteiger partial charge on any atom is 0.417 e. The molecule has 2 aromatic carbocycles. The highest BCUT2D eigenvalue weighted by Crippen LogP contribution is 2.22. The molecule has 0 bridgehead atoms. The molecule has 0 atom stereocenters. The third-order valence-corrected chi connectivity index (χ3v) is 4.94. The van der Waals surface area contributed by atoms with Crippen LogP contribution < -0.4 is 15.6 Å². The second-order valence-electron chi connectivity index (χ2n) is 6.92. The number of amides is 1. The zero-order valence-corrected chi connectivity index (χ0v) is 15.4. The van der Waals surface area contributed by atoms with Gasteiger partial charge in [0.1, 0.15) is 0 Å². The van der Waals surface area contributed by atoms with Crippen molar-refractivity contribution in [2.45, 2.75) is 0 Å². The number of hydrogen-bond acceptors (Lipinski definition) is 5. The van der Waals surface area contributed by atoms with E-state index in [0.29, 0.717) is 29.8 Å². The Morgan fingerprint density at radius 3 is 2.59 bits per heavy atom. The molecule has 3 aromatic rings. The fraction of sp³-hybridized carbons (Fsp3) is 0.300. The number of fused-ring (bicyclic) bond motifs is 1. The van der Waals surface area contributed by atoms with E-state index in [2.05, 4.69) is 9.88 Å². The van der Waals surface area contributed by atoms with E-state index in [4.69, 9.17) is 4.42 Å². The Labute approximate surface area is 156 Å². The first kappa shape index (κ1) is 17.2. The van der Waals surface area contributed by atoms with Crippen molar-refractivity contribution < 1.29 is 9.21 Å². The van der Waals surface area contributed by atoms with Crippen molar-refractivity contribution >= 4 is 28.4 Å². The molecule has 7 heteroatoms. The molecule has 140 valence electrons. The average molecular weight is 366 g/mol. The van der Waals surface area contributed by atoms with Crippen LogP contribution in [0.15, 0.2) is 51.7 Å². The number of H-pyrrole nitrogens is 1. The molecular formula is C20H22N4O3. The van der Waals surface area contributed by atoms with E-state index in [-0.39, 0.29) is 5.91 Å². The molecule has 1 N–H and O–H groups in total. The van der Waals surface area contributed by atoms with Gasteiger partial charge in [0, 0.05) is 57.2 Å². The molecule has 1 aromatic heterocycles. The number of oxazole rings is 1. The minimum absolute atomic E-state index is 0.0629. The minimum atomic E-state index is -0.447. The summed E-state index contributed by atoms with van der Waals surface area (Å²) in [5.41, 5.74) is 3.99. The molecule has 0 aliphatic carbocycles. The third kappa shape index (κ3) is 3.40. The molecule has 1 saturated heterocycles. The number of carbonyl (C=O) groups excluding carboxylic acids is 1. The SMILES string of the molecule is CN(C)c1cccc(C(=O)N2CCN(c3ccc4oc(=O)[nH]c4c3)CC2)c1. The first-order valence-electron chi connectivity index (χ1n) is 8.96. The molecule has 0 radical (unpaired) electrons. The number of rotatable bonds is 3. The second kappa shape index (κ2) is 6.83. The van der Waals surface area contributed by atoms with E-state index >= 15 is 0 Å². The molecule has 1 fully saturated rings. The number of hydrogen-bond donors (Lipinski definition) is 1. The lowest BCUT2D eigenvalue weighted by molar-refractivity contribution is 0.0747. The number of anilines is 2.